The van der Waals surface area contributed by atoms with Crippen molar-refractivity contribution in [3.63, 3.8) is 0 Å². The normalized spacial score (nSPS) is 15.8. The Kier molecular flexibility index (Phi) is 4.51. The fourth-order valence-electron chi connectivity index (χ4n) is 1.37. The number of aromatic nitrogens is 1. The highest BCUT2D eigenvalue weighted by Gasteiger charge is 2.16. The number of hydrogen-bond acceptors (Lipinski definition) is 4. The molecule has 0 saturated carbocycles. The van der Waals surface area contributed by atoms with Gasteiger partial charge in [0.25, 0.3) is 0 Å². The van der Waals surface area contributed by atoms with Crippen LogP contribution in [0.25, 0.3) is 0 Å². The lowest BCUT2D eigenvalue weighted by atomic mass is 9.98. The van der Waals surface area contributed by atoms with Crippen LogP contribution in [0.15, 0.2) is 11.7 Å². The van der Waals surface area contributed by atoms with Gasteiger partial charge in [-0.2, -0.15) is 0 Å². The molecular formula is C10H18N2OS. The quantitative estimate of drug-likeness (QED) is 0.779. The molecule has 1 aromatic heterocycles. The highest BCUT2D eigenvalue weighted by Crippen LogP contribution is 2.13. The number of thiazole rings is 1. The van der Waals surface area contributed by atoms with Gasteiger partial charge in [0, 0.05) is 23.5 Å². The maximum absolute atomic E-state index is 9.75. The Balaban J connectivity index is 2.37. The molecule has 3 N–H and O–H groups in total. The molecule has 1 rings (SSSR count). The smallest absolute Gasteiger partial charge is 0.0794 e. The molecule has 0 spiro atoms. The summed E-state index contributed by atoms with van der Waals surface area (Å²) < 4.78 is 0. The maximum atomic E-state index is 9.75. The Morgan fingerprint density at radius 1 is 1.57 bits per heavy atom. The zero-order chi connectivity index (χ0) is 10.6. The van der Waals surface area contributed by atoms with E-state index >= 15 is 0 Å². The summed E-state index contributed by atoms with van der Waals surface area (Å²) in [6.45, 7) is 4.17. The van der Waals surface area contributed by atoms with Gasteiger partial charge in [-0.25, -0.2) is 0 Å². The van der Waals surface area contributed by atoms with Gasteiger partial charge in [0.05, 0.1) is 11.6 Å². The monoisotopic (exact) mass is 214 g/mol. The van der Waals surface area contributed by atoms with Gasteiger partial charge in [0.1, 0.15) is 0 Å². The molecule has 0 bridgehead atoms. The third-order valence-corrected chi connectivity index (χ3v) is 2.93. The number of nitrogens with two attached hydrogens (primary N) is 1. The van der Waals surface area contributed by atoms with Gasteiger partial charge in [0.2, 0.25) is 0 Å². The second-order valence-electron chi connectivity index (χ2n) is 4.03. The molecule has 1 heterocycles. The second kappa shape index (κ2) is 5.44. The fraction of sp³-hybridized carbons (Fsp3) is 0.700. The van der Waals surface area contributed by atoms with Crippen molar-refractivity contribution in [3.05, 3.63) is 16.6 Å². The van der Waals surface area contributed by atoms with E-state index in [1.165, 1.54) is 0 Å². The molecule has 0 aliphatic heterocycles. The van der Waals surface area contributed by atoms with Crippen LogP contribution >= 0.6 is 11.3 Å². The largest absolute Gasteiger partial charge is 0.391 e. The summed E-state index contributed by atoms with van der Waals surface area (Å²) in [5, 5.41) is 9.75. The first kappa shape index (κ1) is 11.6. The molecule has 1 aromatic rings. The first-order chi connectivity index (χ1) is 6.59. The predicted octanol–water partition coefficient (Wildman–Crippen LogP) is 1.42. The number of aliphatic hydroxyl groups is 1. The fourth-order valence-corrected chi connectivity index (χ4v) is 2.04. The minimum Gasteiger partial charge on any atom is -0.391 e. The maximum Gasteiger partial charge on any atom is 0.0794 e. The zero-order valence-corrected chi connectivity index (χ0v) is 9.50. The topological polar surface area (TPSA) is 59.1 Å². The first-order valence-electron chi connectivity index (χ1n) is 4.90. The summed E-state index contributed by atoms with van der Waals surface area (Å²) in [5.74, 6) is 0.484. The van der Waals surface area contributed by atoms with E-state index in [1.807, 2.05) is 6.20 Å². The summed E-state index contributed by atoms with van der Waals surface area (Å²) in [5.41, 5.74) is 7.67. The van der Waals surface area contributed by atoms with Crippen molar-refractivity contribution in [2.75, 3.05) is 0 Å². The molecule has 2 atom stereocenters. The SMILES string of the molecule is CC(C)CC(O)C(N)Cc1cncs1. The van der Waals surface area contributed by atoms with Crippen molar-refractivity contribution < 1.29 is 5.11 Å². The van der Waals surface area contributed by atoms with Crippen molar-refractivity contribution in [3.8, 4) is 0 Å². The van der Waals surface area contributed by atoms with Crippen molar-refractivity contribution in [2.45, 2.75) is 38.8 Å². The molecule has 2 unspecified atom stereocenters. The standard InChI is InChI=1S/C10H18N2OS/c1-7(2)3-10(13)9(11)4-8-5-12-6-14-8/h5-7,9-10,13H,3-4,11H2,1-2H3. The van der Waals surface area contributed by atoms with Gasteiger partial charge in [-0.3, -0.25) is 4.98 Å². The number of rotatable bonds is 5. The Hall–Kier alpha value is -0.450. The summed E-state index contributed by atoms with van der Waals surface area (Å²) in [4.78, 5) is 5.12. The van der Waals surface area contributed by atoms with E-state index in [2.05, 4.69) is 18.8 Å². The highest BCUT2D eigenvalue weighted by atomic mass is 32.1. The molecule has 0 fully saturated rings. The van der Waals surface area contributed by atoms with Gasteiger partial charge < -0.3 is 10.8 Å². The molecular weight excluding hydrogens is 196 g/mol. The van der Waals surface area contributed by atoms with Crippen LogP contribution in [0.5, 0.6) is 0 Å². The van der Waals surface area contributed by atoms with Crippen molar-refractivity contribution in [1.29, 1.82) is 0 Å². The van der Waals surface area contributed by atoms with E-state index in [4.69, 9.17) is 5.73 Å². The van der Waals surface area contributed by atoms with Crippen LogP contribution in [-0.2, 0) is 6.42 Å². The van der Waals surface area contributed by atoms with Crippen LogP contribution in [0.2, 0.25) is 0 Å². The second-order valence-corrected chi connectivity index (χ2v) is 5.00. The Labute approximate surface area is 89.0 Å². The molecule has 0 aliphatic carbocycles. The van der Waals surface area contributed by atoms with Crippen LogP contribution < -0.4 is 5.73 Å². The van der Waals surface area contributed by atoms with Crippen LogP contribution in [-0.4, -0.2) is 22.2 Å². The van der Waals surface area contributed by atoms with Crippen LogP contribution in [0.1, 0.15) is 25.1 Å². The van der Waals surface area contributed by atoms with Crippen molar-refractivity contribution >= 4 is 11.3 Å². The lowest BCUT2D eigenvalue weighted by Crippen LogP contribution is -2.37. The van der Waals surface area contributed by atoms with Gasteiger partial charge >= 0.3 is 0 Å². The highest BCUT2D eigenvalue weighted by molar-refractivity contribution is 7.09. The Morgan fingerprint density at radius 2 is 2.29 bits per heavy atom. The number of nitrogens with zero attached hydrogens (tertiary/aromatic N) is 1. The van der Waals surface area contributed by atoms with Crippen molar-refractivity contribution in [1.82, 2.24) is 4.98 Å². The van der Waals surface area contributed by atoms with E-state index in [1.54, 1.807) is 16.8 Å². The van der Waals surface area contributed by atoms with E-state index < -0.39 is 6.10 Å². The third-order valence-electron chi connectivity index (χ3n) is 2.13. The lowest BCUT2D eigenvalue weighted by Gasteiger charge is -2.19. The van der Waals surface area contributed by atoms with E-state index in [0.717, 1.165) is 17.7 Å². The molecule has 4 heteroatoms. The number of aliphatic hydroxyl groups excluding tert-OH is 1. The summed E-state index contributed by atoms with van der Waals surface area (Å²) in [6, 6.07) is -0.169. The first-order valence-corrected chi connectivity index (χ1v) is 5.78. The minimum atomic E-state index is -0.405. The molecule has 0 aromatic carbocycles. The summed E-state index contributed by atoms with van der Waals surface area (Å²) in [6.07, 6.45) is 2.89. The van der Waals surface area contributed by atoms with Crippen LogP contribution in [0, 0.1) is 5.92 Å². The molecule has 0 radical (unpaired) electrons. The predicted molar refractivity (Wildman–Crippen MR) is 59.3 cm³/mol. The molecule has 0 amide bonds. The van der Waals surface area contributed by atoms with Gasteiger partial charge in [-0.1, -0.05) is 13.8 Å². The molecule has 14 heavy (non-hydrogen) atoms. The van der Waals surface area contributed by atoms with Crippen LogP contribution in [0.3, 0.4) is 0 Å². The van der Waals surface area contributed by atoms with E-state index in [0.29, 0.717) is 5.92 Å². The van der Waals surface area contributed by atoms with Gasteiger partial charge in [0.15, 0.2) is 0 Å². The molecule has 3 nitrogen and oxygen atoms in total. The third kappa shape index (κ3) is 3.74. The minimum absolute atomic E-state index is 0.169. The molecule has 0 aliphatic rings. The molecule has 0 saturated heterocycles. The Bertz CT molecular complexity index is 249. The van der Waals surface area contributed by atoms with E-state index in [9.17, 15) is 5.11 Å². The number of hydrogen-bond donors (Lipinski definition) is 2. The molecule has 80 valence electrons. The van der Waals surface area contributed by atoms with Crippen LogP contribution in [0.4, 0.5) is 0 Å². The van der Waals surface area contributed by atoms with Gasteiger partial charge in [-0.05, 0) is 12.3 Å². The van der Waals surface area contributed by atoms with E-state index in [-0.39, 0.29) is 6.04 Å². The zero-order valence-electron chi connectivity index (χ0n) is 8.68. The van der Waals surface area contributed by atoms with Crippen molar-refractivity contribution in [2.24, 2.45) is 11.7 Å². The average molecular weight is 214 g/mol. The van der Waals surface area contributed by atoms with Gasteiger partial charge in [-0.15, -0.1) is 11.3 Å². The summed E-state index contributed by atoms with van der Waals surface area (Å²) >= 11 is 1.59. The Morgan fingerprint density at radius 3 is 2.79 bits per heavy atom. The lowest BCUT2D eigenvalue weighted by molar-refractivity contribution is 0.121. The summed E-state index contributed by atoms with van der Waals surface area (Å²) in [7, 11) is 0. The average Bonchev–Trinajstić information content (AvgIpc) is 2.55.